The van der Waals surface area contributed by atoms with Crippen molar-refractivity contribution in [2.24, 2.45) is 11.7 Å². The van der Waals surface area contributed by atoms with E-state index in [0.717, 1.165) is 25.9 Å². The van der Waals surface area contributed by atoms with Crippen LogP contribution in [0.2, 0.25) is 0 Å². The first kappa shape index (κ1) is 15.8. The van der Waals surface area contributed by atoms with E-state index >= 15 is 0 Å². The van der Waals surface area contributed by atoms with E-state index in [9.17, 15) is 4.79 Å². The van der Waals surface area contributed by atoms with Crippen LogP contribution in [0.1, 0.15) is 58.3 Å². The molecule has 20 heavy (non-hydrogen) atoms. The summed E-state index contributed by atoms with van der Waals surface area (Å²) in [5.41, 5.74) is 6.00. The molecule has 1 amide bonds. The van der Waals surface area contributed by atoms with Crippen LogP contribution in [0.5, 0.6) is 0 Å². The molecule has 0 aromatic heterocycles. The van der Waals surface area contributed by atoms with Crippen LogP contribution in [0.3, 0.4) is 0 Å². The van der Waals surface area contributed by atoms with Gasteiger partial charge in [-0.05, 0) is 45.1 Å². The molecular formula is C16H31N3O. The van der Waals surface area contributed by atoms with Gasteiger partial charge in [-0.15, -0.1) is 0 Å². The van der Waals surface area contributed by atoms with Gasteiger partial charge in [0.2, 0.25) is 5.91 Å². The van der Waals surface area contributed by atoms with Crippen LogP contribution in [-0.4, -0.2) is 42.5 Å². The van der Waals surface area contributed by atoms with Gasteiger partial charge in [0.15, 0.2) is 0 Å². The van der Waals surface area contributed by atoms with E-state index in [-0.39, 0.29) is 11.9 Å². The standard InChI is InChI=1S/C16H31N3O/c1-13(17)14-7-6-10-19(11-14)12-16(20)18-15-8-4-2-3-5-9-15/h13-15H,2-12,17H2,1H3,(H,18,20). The molecule has 2 unspecified atom stereocenters. The minimum absolute atomic E-state index is 0.210. The first-order valence-corrected chi connectivity index (χ1v) is 8.42. The maximum absolute atomic E-state index is 12.2. The number of hydrogen-bond donors (Lipinski definition) is 2. The molecule has 2 fully saturated rings. The summed E-state index contributed by atoms with van der Waals surface area (Å²) in [6.45, 7) is 4.66. The molecule has 2 rings (SSSR count). The number of nitrogens with two attached hydrogens (primary N) is 1. The summed E-state index contributed by atoms with van der Waals surface area (Å²) >= 11 is 0. The van der Waals surface area contributed by atoms with Gasteiger partial charge in [0.25, 0.3) is 0 Å². The third-order valence-corrected chi connectivity index (χ3v) is 4.87. The Morgan fingerprint density at radius 3 is 2.55 bits per heavy atom. The number of likely N-dealkylation sites (tertiary alicyclic amines) is 1. The second kappa shape index (κ2) is 7.99. The van der Waals surface area contributed by atoms with E-state index in [1.54, 1.807) is 0 Å². The van der Waals surface area contributed by atoms with Gasteiger partial charge < -0.3 is 11.1 Å². The summed E-state index contributed by atoms with van der Waals surface area (Å²) in [4.78, 5) is 14.5. The molecule has 3 N–H and O–H groups in total. The van der Waals surface area contributed by atoms with Gasteiger partial charge in [-0.25, -0.2) is 0 Å². The first-order valence-electron chi connectivity index (χ1n) is 8.42. The summed E-state index contributed by atoms with van der Waals surface area (Å²) in [6, 6.07) is 0.654. The topological polar surface area (TPSA) is 58.4 Å². The van der Waals surface area contributed by atoms with Gasteiger partial charge >= 0.3 is 0 Å². The number of hydrogen-bond acceptors (Lipinski definition) is 3. The van der Waals surface area contributed by atoms with Crippen LogP contribution < -0.4 is 11.1 Å². The molecule has 4 heteroatoms. The average molecular weight is 281 g/mol. The SMILES string of the molecule is CC(N)C1CCCN(CC(=O)NC2CCCCCC2)C1. The molecule has 4 nitrogen and oxygen atoms in total. The van der Waals surface area contributed by atoms with E-state index in [2.05, 4.69) is 17.1 Å². The van der Waals surface area contributed by atoms with Crippen molar-refractivity contribution in [3.63, 3.8) is 0 Å². The summed E-state index contributed by atoms with van der Waals surface area (Å²) in [6.07, 6.45) is 9.88. The van der Waals surface area contributed by atoms with E-state index in [0.29, 0.717) is 18.5 Å². The second-order valence-corrected chi connectivity index (χ2v) is 6.75. The van der Waals surface area contributed by atoms with Crippen molar-refractivity contribution in [1.82, 2.24) is 10.2 Å². The Kier molecular flexibility index (Phi) is 6.30. The number of carbonyl (C=O) groups excluding carboxylic acids is 1. The van der Waals surface area contributed by atoms with Crippen molar-refractivity contribution >= 4 is 5.91 Å². The van der Waals surface area contributed by atoms with Crippen molar-refractivity contribution in [3.05, 3.63) is 0 Å². The Morgan fingerprint density at radius 2 is 1.90 bits per heavy atom. The molecule has 1 heterocycles. The van der Waals surface area contributed by atoms with Crippen molar-refractivity contribution in [3.8, 4) is 0 Å². The third-order valence-electron chi connectivity index (χ3n) is 4.87. The van der Waals surface area contributed by atoms with Crippen LogP contribution in [0.25, 0.3) is 0 Å². The Morgan fingerprint density at radius 1 is 1.20 bits per heavy atom. The van der Waals surface area contributed by atoms with Crippen LogP contribution in [0.4, 0.5) is 0 Å². The molecule has 1 aliphatic heterocycles. The number of amides is 1. The molecule has 2 atom stereocenters. The molecule has 2 aliphatic rings. The average Bonchev–Trinajstić information content (AvgIpc) is 2.67. The van der Waals surface area contributed by atoms with Crippen LogP contribution >= 0.6 is 0 Å². The minimum atomic E-state index is 0.210. The smallest absolute Gasteiger partial charge is 0.234 e. The number of nitrogens with zero attached hydrogens (tertiary/aromatic N) is 1. The maximum atomic E-state index is 12.2. The zero-order valence-electron chi connectivity index (χ0n) is 12.9. The lowest BCUT2D eigenvalue weighted by molar-refractivity contribution is -0.123. The maximum Gasteiger partial charge on any atom is 0.234 e. The van der Waals surface area contributed by atoms with E-state index in [1.807, 2.05) is 0 Å². The minimum Gasteiger partial charge on any atom is -0.352 e. The second-order valence-electron chi connectivity index (χ2n) is 6.75. The summed E-state index contributed by atoms with van der Waals surface area (Å²) < 4.78 is 0. The molecule has 1 aliphatic carbocycles. The zero-order valence-corrected chi connectivity index (χ0v) is 12.9. The molecular weight excluding hydrogens is 250 g/mol. The fourth-order valence-electron chi connectivity index (χ4n) is 3.56. The van der Waals surface area contributed by atoms with Crippen molar-refractivity contribution in [2.75, 3.05) is 19.6 Å². The van der Waals surface area contributed by atoms with Gasteiger partial charge in [0.1, 0.15) is 0 Å². The highest BCUT2D eigenvalue weighted by Gasteiger charge is 2.24. The highest BCUT2D eigenvalue weighted by Crippen LogP contribution is 2.19. The highest BCUT2D eigenvalue weighted by molar-refractivity contribution is 5.78. The van der Waals surface area contributed by atoms with Crippen LogP contribution in [0.15, 0.2) is 0 Å². The number of piperidine rings is 1. The molecule has 0 spiro atoms. The largest absolute Gasteiger partial charge is 0.352 e. The normalized spacial score (nSPS) is 27.8. The van der Waals surface area contributed by atoms with Gasteiger partial charge in [-0.3, -0.25) is 9.69 Å². The lowest BCUT2D eigenvalue weighted by Gasteiger charge is -2.34. The highest BCUT2D eigenvalue weighted by atomic mass is 16.2. The lowest BCUT2D eigenvalue weighted by atomic mass is 9.92. The molecule has 1 saturated heterocycles. The number of rotatable bonds is 4. The van der Waals surface area contributed by atoms with E-state index in [4.69, 9.17) is 5.73 Å². The number of carbonyl (C=O) groups is 1. The summed E-state index contributed by atoms with van der Waals surface area (Å²) in [5, 5.41) is 3.24. The van der Waals surface area contributed by atoms with Gasteiger partial charge in [-0.2, -0.15) is 0 Å². The predicted molar refractivity (Wildman–Crippen MR) is 82.4 cm³/mol. The monoisotopic (exact) mass is 281 g/mol. The van der Waals surface area contributed by atoms with Crippen LogP contribution in [-0.2, 0) is 4.79 Å². The zero-order chi connectivity index (χ0) is 14.4. The Bertz CT molecular complexity index is 298. The van der Waals surface area contributed by atoms with Crippen molar-refractivity contribution in [2.45, 2.75) is 70.4 Å². The molecule has 116 valence electrons. The Labute approximate surface area is 123 Å². The molecule has 0 radical (unpaired) electrons. The van der Waals surface area contributed by atoms with Crippen LogP contribution in [0, 0.1) is 5.92 Å². The fourth-order valence-corrected chi connectivity index (χ4v) is 3.56. The number of nitrogens with one attached hydrogen (secondary N) is 1. The Balaban J connectivity index is 1.73. The third kappa shape index (κ3) is 5.06. The Hall–Kier alpha value is -0.610. The first-order chi connectivity index (χ1) is 9.65. The molecule has 0 aromatic carbocycles. The van der Waals surface area contributed by atoms with E-state index < -0.39 is 0 Å². The molecule has 1 saturated carbocycles. The van der Waals surface area contributed by atoms with Gasteiger partial charge in [0.05, 0.1) is 6.54 Å². The lowest BCUT2D eigenvalue weighted by Crippen LogP contribution is -2.47. The summed E-state index contributed by atoms with van der Waals surface area (Å²) in [7, 11) is 0. The fraction of sp³-hybridized carbons (Fsp3) is 0.938. The van der Waals surface area contributed by atoms with Gasteiger partial charge in [-0.1, -0.05) is 25.7 Å². The molecule has 0 aromatic rings. The quantitative estimate of drug-likeness (QED) is 0.774. The van der Waals surface area contributed by atoms with E-state index in [1.165, 1.54) is 38.5 Å². The van der Waals surface area contributed by atoms with Crippen molar-refractivity contribution < 1.29 is 4.79 Å². The molecule has 0 bridgehead atoms. The summed E-state index contributed by atoms with van der Waals surface area (Å²) in [5.74, 6) is 0.761. The van der Waals surface area contributed by atoms with Gasteiger partial charge in [0, 0.05) is 18.6 Å². The van der Waals surface area contributed by atoms with Crippen molar-refractivity contribution in [1.29, 1.82) is 0 Å². The predicted octanol–water partition coefficient (Wildman–Crippen LogP) is 1.88.